The Balaban J connectivity index is 1.44. The Morgan fingerprint density at radius 2 is 1.76 bits per heavy atom. The molecule has 3 unspecified atom stereocenters. The van der Waals surface area contributed by atoms with Gasteiger partial charge in [0.2, 0.25) is 5.91 Å². The second-order valence-electron chi connectivity index (χ2n) is 7.78. The molecule has 154 valence electrons. The highest BCUT2D eigenvalue weighted by molar-refractivity contribution is 5.97. The van der Waals surface area contributed by atoms with E-state index in [1.807, 2.05) is 32.0 Å². The van der Waals surface area contributed by atoms with Crippen LogP contribution in [0.25, 0.3) is 0 Å². The molecule has 29 heavy (non-hydrogen) atoms. The number of nitrogens with one attached hydrogen (secondary N) is 2. The van der Waals surface area contributed by atoms with E-state index in [2.05, 4.69) is 17.6 Å². The molecular weight excluding hydrogens is 368 g/mol. The molecule has 1 fully saturated rings. The van der Waals surface area contributed by atoms with Gasteiger partial charge in [0.05, 0.1) is 0 Å². The van der Waals surface area contributed by atoms with Crippen molar-refractivity contribution >= 4 is 17.5 Å². The van der Waals surface area contributed by atoms with Crippen LogP contribution in [0.5, 0.6) is 5.75 Å². The van der Waals surface area contributed by atoms with Crippen LogP contribution in [0.15, 0.2) is 42.5 Å². The van der Waals surface area contributed by atoms with Gasteiger partial charge in [-0.15, -0.1) is 0 Å². The maximum absolute atomic E-state index is 12.3. The molecule has 0 spiro atoms. The van der Waals surface area contributed by atoms with Gasteiger partial charge in [-0.3, -0.25) is 9.59 Å². The van der Waals surface area contributed by atoms with E-state index in [1.165, 1.54) is 0 Å². The number of aliphatic hydroxyl groups excluding tert-OH is 1. The Kier molecular flexibility index (Phi) is 6.54. The lowest BCUT2D eigenvalue weighted by Crippen LogP contribution is -2.35. The number of carbonyl (C=O) groups is 2. The van der Waals surface area contributed by atoms with Crippen molar-refractivity contribution in [1.82, 2.24) is 5.32 Å². The molecule has 1 aliphatic rings. The van der Waals surface area contributed by atoms with Gasteiger partial charge < -0.3 is 20.5 Å². The molecule has 3 N–H and O–H groups in total. The van der Waals surface area contributed by atoms with Crippen LogP contribution in [0.3, 0.4) is 0 Å². The highest BCUT2D eigenvalue weighted by Crippen LogP contribution is 2.38. The summed E-state index contributed by atoms with van der Waals surface area (Å²) in [7, 11) is 0. The molecular formula is C23H28N2O4. The zero-order valence-electron chi connectivity index (χ0n) is 17.1. The number of para-hydroxylation sites is 1. The number of hydrogen-bond acceptors (Lipinski definition) is 4. The number of rotatable bonds is 8. The molecule has 6 heteroatoms. The van der Waals surface area contributed by atoms with Crippen molar-refractivity contribution < 1.29 is 19.4 Å². The monoisotopic (exact) mass is 396 g/mol. The summed E-state index contributed by atoms with van der Waals surface area (Å²) in [5.41, 5.74) is 3.15. The quantitative estimate of drug-likeness (QED) is 0.640. The Morgan fingerprint density at radius 3 is 2.34 bits per heavy atom. The molecule has 0 saturated heterocycles. The van der Waals surface area contributed by atoms with Crippen molar-refractivity contribution in [2.45, 2.75) is 33.3 Å². The van der Waals surface area contributed by atoms with E-state index in [0.29, 0.717) is 17.2 Å². The summed E-state index contributed by atoms with van der Waals surface area (Å²) in [5.74, 6) is 1.05. The van der Waals surface area contributed by atoms with Crippen molar-refractivity contribution in [3.8, 4) is 5.75 Å². The molecule has 0 aliphatic heterocycles. The lowest BCUT2D eigenvalue weighted by Gasteiger charge is -2.16. The van der Waals surface area contributed by atoms with Crippen LogP contribution in [0.1, 0.15) is 34.8 Å². The number of carbonyl (C=O) groups excluding carboxylic acids is 2. The van der Waals surface area contributed by atoms with E-state index >= 15 is 0 Å². The van der Waals surface area contributed by atoms with Gasteiger partial charge in [0, 0.05) is 23.7 Å². The molecule has 1 aliphatic carbocycles. The Hall–Kier alpha value is -2.86. The van der Waals surface area contributed by atoms with Crippen molar-refractivity contribution in [2.75, 3.05) is 18.5 Å². The molecule has 2 aromatic carbocycles. The highest BCUT2D eigenvalue weighted by Gasteiger charge is 2.39. The summed E-state index contributed by atoms with van der Waals surface area (Å²) in [5, 5.41) is 15.7. The fourth-order valence-corrected chi connectivity index (χ4v) is 3.21. The van der Waals surface area contributed by atoms with E-state index < -0.39 is 6.10 Å². The maximum Gasteiger partial charge on any atom is 0.251 e. The number of ether oxygens (including phenoxy) is 1. The minimum Gasteiger partial charge on any atom is -0.490 e. The molecule has 0 aromatic heterocycles. The van der Waals surface area contributed by atoms with Crippen LogP contribution in [0, 0.1) is 25.7 Å². The van der Waals surface area contributed by atoms with Gasteiger partial charge in [-0.25, -0.2) is 0 Å². The summed E-state index contributed by atoms with van der Waals surface area (Å²) in [6.45, 7) is 6.14. The largest absolute Gasteiger partial charge is 0.490 e. The van der Waals surface area contributed by atoms with E-state index in [-0.39, 0.29) is 30.9 Å². The molecule has 0 radical (unpaired) electrons. The van der Waals surface area contributed by atoms with Gasteiger partial charge >= 0.3 is 0 Å². The zero-order chi connectivity index (χ0) is 21.0. The van der Waals surface area contributed by atoms with Crippen molar-refractivity contribution in [3.63, 3.8) is 0 Å². The first-order valence-electron chi connectivity index (χ1n) is 9.91. The number of anilines is 1. The number of hydrogen-bond donors (Lipinski definition) is 3. The number of aliphatic hydroxyl groups is 1. The average Bonchev–Trinajstić information content (AvgIpc) is 3.43. The third-order valence-corrected chi connectivity index (χ3v) is 5.19. The smallest absolute Gasteiger partial charge is 0.251 e. The summed E-state index contributed by atoms with van der Waals surface area (Å²) in [6.07, 6.45) is 0.110. The predicted octanol–water partition coefficient (Wildman–Crippen LogP) is 3.07. The van der Waals surface area contributed by atoms with E-state index in [0.717, 1.165) is 23.3 Å². The second-order valence-corrected chi connectivity index (χ2v) is 7.78. The lowest BCUT2D eigenvalue weighted by atomic mass is 10.1. The summed E-state index contributed by atoms with van der Waals surface area (Å²) >= 11 is 0. The van der Waals surface area contributed by atoms with Crippen molar-refractivity contribution in [1.29, 1.82) is 0 Å². The predicted molar refractivity (Wildman–Crippen MR) is 112 cm³/mol. The molecule has 2 amide bonds. The number of aryl methyl sites for hydroxylation is 2. The number of amides is 2. The third-order valence-electron chi connectivity index (χ3n) is 5.19. The van der Waals surface area contributed by atoms with Crippen LogP contribution < -0.4 is 15.4 Å². The van der Waals surface area contributed by atoms with Crippen LogP contribution in [0.4, 0.5) is 5.69 Å². The first kappa shape index (κ1) is 20.9. The second kappa shape index (κ2) is 9.09. The van der Waals surface area contributed by atoms with E-state index in [4.69, 9.17) is 4.74 Å². The minimum atomic E-state index is -0.822. The van der Waals surface area contributed by atoms with Gasteiger partial charge in [0.15, 0.2) is 0 Å². The van der Waals surface area contributed by atoms with Gasteiger partial charge in [-0.1, -0.05) is 25.1 Å². The Bertz CT molecular complexity index is 859. The zero-order valence-corrected chi connectivity index (χ0v) is 17.1. The Labute approximate surface area is 171 Å². The fraction of sp³-hybridized carbons (Fsp3) is 0.391. The molecule has 6 nitrogen and oxygen atoms in total. The van der Waals surface area contributed by atoms with Crippen LogP contribution in [-0.2, 0) is 4.79 Å². The molecule has 2 aromatic rings. The highest BCUT2D eigenvalue weighted by atomic mass is 16.5. The molecule has 0 bridgehead atoms. The standard InChI is InChI=1S/C23H28N2O4/c1-14-5-4-6-15(2)21(14)29-13-19(26)12-24-22(27)17-7-9-18(10-8-17)25-23(28)20-11-16(20)3/h4-10,16,19-20,26H,11-13H2,1-3H3,(H,24,27)(H,25,28). The van der Waals surface area contributed by atoms with Crippen LogP contribution >= 0.6 is 0 Å². The van der Waals surface area contributed by atoms with Crippen molar-refractivity contribution in [3.05, 3.63) is 59.2 Å². The molecule has 3 rings (SSSR count). The van der Waals surface area contributed by atoms with Gasteiger partial charge in [-0.05, 0) is 61.6 Å². The molecule has 0 heterocycles. The fourth-order valence-electron chi connectivity index (χ4n) is 3.21. The Morgan fingerprint density at radius 1 is 1.14 bits per heavy atom. The van der Waals surface area contributed by atoms with Gasteiger partial charge in [0.1, 0.15) is 18.5 Å². The summed E-state index contributed by atoms with van der Waals surface area (Å²) in [6, 6.07) is 12.6. The lowest BCUT2D eigenvalue weighted by molar-refractivity contribution is -0.117. The average molecular weight is 396 g/mol. The van der Waals surface area contributed by atoms with Crippen LogP contribution in [0.2, 0.25) is 0 Å². The maximum atomic E-state index is 12.3. The van der Waals surface area contributed by atoms with Gasteiger partial charge in [-0.2, -0.15) is 0 Å². The molecule has 1 saturated carbocycles. The SMILES string of the molecule is Cc1cccc(C)c1OCC(O)CNC(=O)c1ccc(NC(=O)C2CC2C)cc1. The van der Waals surface area contributed by atoms with Gasteiger partial charge in [0.25, 0.3) is 5.91 Å². The first-order chi connectivity index (χ1) is 13.8. The van der Waals surface area contributed by atoms with Crippen molar-refractivity contribution in [2.24, 2.45) is 11.8 Å². The third kappa shape index (κ3) is 5.57. The minimum absolute atomic E-state index is 0.0294. The van der Waals surface area contributed by atoms with Crippen LogP contribution in [-0.4, -0.2) is 36.2 Å². The first-order valence-corrected chi connectivity index (χ1v) is 9.91. The number of benzene rings is 2. The van der Waals surface area contributed by atoms with E-state index in [9.17, 15) is 14.7 Å². The topological polar surface area (TPSA) is 87.7 Å². The summed E-state index contributed by atoms with van der Waals surface area (Å²) in [4.78, 5) is 24.2. The molecule has 3 atom stereocenters. The summed E-state index contributed by atoms with van der Waals surface area (Å²) < 4.78 is 5.71. The normalized spacial score (nSPS) is 18.6. The van der Waals surface area contributed by atoms with E-state index in [1.54, 1.807) is 24.3 Å².